The highest BCUT2D eigenvalue weighted by Crippen LogP contribution is 2.20. The van der Waals surface area contributed by atoms with Crippen molar-refractivity contribution in [2.45, 2.75) is 13.3 Å². The van der Waals surface area contributed by atoms with Gasteiger partial charge >= 0.3 is 5.97 Å². The molecule has 0 saturated carbocycles. The normalized spacial score (nSPS) is 9.96. The molecule has 2 aromatic rings. The van der Waals surface area contributed by atoms with Crippen LogP contribution in [0.15, 0.2) is 48.5 Å². The second-order valence-corrected chi connectivity index (χ2v) is 5.44. The van der Waals surface area contributed by atoms with E-state index in [0.717, 1.165) is 6.07 Å². The van der Waals surface area contributed by atoms with Crippen LogP contribution in [0.4, 0.5) is 10.1 Å². The average molecular weight is 370 g/mol. The molecule has 0 radical (unpaired) electrons. The van der Waals surface area contributed by atoms with Gasteiger partial charge in [0.05, 0.1) is 24.7 Å². The number of anilines is 1. The van der Waals surface area contributed by atoms with Gasteiger partial charge in [0.25, 0.3) is 5.91 Å². The van der Waals surface area contributed by atoms with Gasteiger partial charge in [-0.2, -0.15) is 5.26 Å². The molecule has 0 aliphatic rings. The molecule has 0 unspecified atom stereocenters. The number of amides is 1. The summed E-state index contributed by atoms with van der Waals surface area (Å²) in [4.78, 5) is 25.8. The molecule has 0 aliphatic carbocycles. The summed E-state index contributed by atoms with van der Waals surface area (Å²) in [5.74, 6) is -1.50. The zero-order valence-electron chi connectivity index (χ0n) is 14.9. The first-order chi connectivity index (χ1) is 13.1. The fourth-order valence-corrected chi connectivity index (χ4v) is 2.36. The first-order valence-electron chi connectivity index (χ1n) is 8.38. The molecule has 0 aliphatic heterocycles. The van der Waals surface area contributed by atoms with Crippen LogP contribution >= 0.6 is 0 Å². The molecule has 1 amide bonds. The number of carbonyl (C=O) groups excluding carboxylic acids is 2. The Balaban J connectivity index is 2.07. The third-order valence-corrected chi connectivity index (χ3v) is 3.63. The van der Waals surface area contributed by atoms with Crippen LogP contribution in [0.2, 0.25) is 0 Å². The monoisotopic (exact) mass is 370 g/mol. The summed E-state index contributed by atoms with van der Waals surface area (Å²) < 4.78 is 23.9. The van der Waals surface area contributed by atoms with Gasteiger partial charge in [-0.25, -0.2) is 9.18 Å². The van der Waals surface area contributed by atoms with Crippen molar-refractivity contribution in [2.24, 2.45) is 0 Å². The molecule has 0 spiro atoms. The van der Waals surface area contributed by atoms with Crippen LogP contribution < -0.4 is 9.64 Å². The summed E-state index contributed by atoms with van der Waals surface area (Å²) in [7, 11) is 0. The molecule has 0 saturated heterocycles. The molecule has 2 rings (SSSR count). The predicted octanol–water partition coefficient (Wildman–Crippen LogP) is 3.33. The maximum Gasteiger partial charge on any atom is 0.341 e. The minimum Gasteiger partial charge on any atom is -0.494 e. The Morgan fingerprint density at radius 3 is 2.48 bits per heavy atom. The fraction of sp³-hybridized carbons (Fsp3) is 0.250. The zero-order chi connectivity index (χ0) is 19.6. The van der Waals surface area contributed by atoms with E-state index in [1.54, 1.807) is 24.3 Å². The van der Waals surface area contributed by atoms with E-state index in [-0.39, 0.29) is 18.5 Å². The molecule has 0 aromatic heterocycles. The Kier molecular flexibility index (Phi) is 7.32. The number of ether oxygens (including phenoxy) is 2. The fourth-order valence-electron chi connectivity index (χ4n) is 2.36. The number of carbonyl (C=O) groups is 2. The molecule has 2 aromatic carbocycles. The van der Waals surface area contributed by atoms with E-state index in [1.807, 2.05) is 13.0 Å². The van der Waals surface area contributed by atoms with Gasteiger partial charge in [-0.15, -0.1) is 0 Å². The first-order valence-corrected chi connectivity index (χ1v) is 8.38. The number of rotatable bonds is 8. The van der Waals surface area contributed by atoms with Gasteiger partial charge in [-0.05, 0) is 43.3 Å². The Morgan fingerprint density at radius 1 is 1.15 bits per heavy atom. The number of halogens is 1. The number of nitrogens with zero attached hydrogens (tertiary/aromatic N) is 2. The second-order valence-electron chi connectivity index (χ2n) is 5.44. The molecule has 0 fully saturated rings. The highest BCUT2D eigenvalue weighted by molar-refractivity contribution is 5.97. The van der Waals surface area contributed by atoms with Crippen molar-refractivity contribution in [1.29, 1.82) is 5.26 Å². The van der Waals surface area contributed by atoms with Crippen LogP contribution in [-0.2, 0) is 9.53 Å². The minimum atomic E-state index is -0.923. The van der Waals surface area contributed by atoms with E-state index >= 15 is 0 Å². The van der Waals surface area contributed by atoms with Gasteiger partial charge in [0.1, 0.15) is 11.6 Å². The van der Waals surface area contributed by atoms with Crippen LogP contribution in [0, 0.1) is 17.1 Å². The third kappa shape index (κ3) is 5.54. The highest BCUT2D eigenvalue weighted by Gasteiger charge is 2.19. The topological polar surface area (TPSA) is 79.6 Å². The highest BCUT2D eigenvalue weighted by atomic mass is 19.1. The smallest absolute Gasteiger partial charge is 0.341 e. The van der Waals surface area contributed by atoms with Gasteiger partial charge in [0, 0.05) is 12.2 Å². The molecule has 27 heavy (non-hydrogen) atoms. The van der Waals surface area contributed by atoms with Crippen molar-refractivity contribution in [3.8, 4) is 11.8 Å². The molecule has 7 heteroatoms. The van der Waals surface area contributed by atoms with E-state index in [9.17, 15) is 14.0 Å². The minimum absolute atomic E-state index is 0.111. The van der Waals surface area contributed by atoms with Crippen molar-refractivity contribution in [3.63, 3.8) is 0 Å². The standard InChI is InChI=1S/C20H19FN2O4/c1-2-26-16-10-8-15(9-11-16)23(13-5-12-22)19(24)14-27-20(25)17-6-3-4-7-18(17)21/h3-4,6-11H,2,5,13-14H2,1H3. The number of benzene rings is 2. The van der Waals surface area contributed by atoms with Crippen LogP contribution in [-0.4, -0.2) is 31.6 Å². The molecule has 0 atom stereocenters. The molecular weight excluding hydrogens is 351 g/mol. The number of hydrogen-bond acceptors (Lipinski definition) is 5. The number of hydrogen-bond donors (Lipinski definition) is 0. The Bertz CT molecular complexity index is 831. The van der Waals surface area contributed by atoms with Crippen molar-refractivity contribution in [2.75, 3.05) is 24.7 Å². The number of nitriles is 1. The van der Waals surface area contributed by atoms with E-state index in [1.165, 1.54) is 23.1 Å². The van der Waals surface area contributed by atoms with Gasteiger partial charge < -0.3 is 14.4 Å². The molecule has 6 nitrogen and oxygen atoms in total. The summed E-state index contributed by atoms with van der Waals surface area (Å²) in [6.45, 7) is 1.95. The maximum atomic E-state index is 13.6. The van der Waals surface area contributed by atoms with Crippen molar-refractivity contribution < 1.29 is 23.5 Å². The Morgan fingerprint density at radius 2 is 1.85 bits per heavy atom. The lowest BCUT2D eigenvalue weighted by molar-refractivity contribution is -0.121. The van der Waals surface area contributed by atoms with E-state index in [4.69, 9.17) is 14.7 Å². The maximum absolute atomic E-state index is 13.6. The molecular formula is C20H19FN2O4. The average Bonchev–Trinajstić information content (AvgIpc) is 2.68. The second kappa shape index (κ2) is 9.92. The summed E-state index contributed by atoms with van der Waals surface area (Å²) >= 11 is 0. The van der Waals surface area contributed by atoms with Gasteiger partial charge in [-0.3, -0.25) is 4.79 Å². The molecule has 0 N–H and O–H groups in total. The summed E-state index contributed by atoms with van der Waals surface area (Å²) in [6.07, 6.45) is 0.111. The number of esters is 1. The molecule has 140 valence electrons. The Hall–Kier alpha value is -3.40. The quantitative estimate of drug-likeness (QED) is 0.666. The van der Waals surface area contributed by atoms with Gasteiger partial charge in [0.15, 0.2) is 6.61 Å². The van der Waals surface area contributed by atoms with Crippen molar-refractivity contribution in [1.82, 2.24) is 0 Å². The molecule has 0 bridgehead atoms. The van der Waals surface area contributed by atoms with E-state index < -0.39 is 24.3 Å². The third-order valence-electron chi connectivity index (χ3n) is 3.63. The lowest BCUT2D eigenvalue weighted by Gasteiger charge is -2.22. The van der Waals surface area contributed by atoms with Gasteiger partial charge in [0.2, 0.25) is 0 Å². The Labute approximate surface area is 156 Å². The van der Waals surface area contributed by atoms with Crippen LogP contribution in [0.5, 0.6) is 5.75 Å². The summed E-state index contributed by atoms with van der Waals surface area (Å²) in [5, 5.41) is 8.82. The van der Waals surface area contributed by atoms with Crippen LogP contribution in [0.25, 0.3) is 0 Å². The van der Waals surface area contributed by atoms with Crippen molar-refractivity contribution >= 4 is 17.6 Å². The van der Waals surface area contributed by atoms with Crippen LogP contribution in [0.1, 0.15) is 23.7 Å². The SMILES string of the molecule is CCOc1ccc(N(CCC#N)C(=O)COC(=O)c2ccccc2F)cc1. The van der Waals surface area contributed by atoms with E-state index in [0.29, 0.717) is 18.0 Å². The molecule has 0 heterocycles. The largest absolute Gasteiger partial charge is 0.494 e. The first kappa shape index (κ1) is 19.9. The summed E-state index contributed by atoms with van der Waals surface area (Å²) in [6, 6.07) is 14.1. The van der Waals surface area contributed by atoms with Crippen LogP contribution in [0.3, 0.4) is 0 Å². The van der Waals surface area contributed by atoms with E-state index in [2.05, 4.69) is 0 Å². The predicted molar refractivity (Wildman–Crippen MR) is 96.9 cm³/mol. The zero-order valence-corrected chi connectivity index (χ0v) is 14.9. The lowest BCUT2D eigenvalue weighted by Crippen LogP contribution is -2.35. The van der Waals surface area contributed by atoms with Crippen molar-refractivity contribution in [3.05, 3.63) is 59.9 Å². The lowest BCUT2D eigenvalue weighted by atomic mass is 10.2. The summed E-state index contributed by atoms with van der Waals surface area (Å²) in [5.41, 5.74) is 0.301. The van der Waals surface area contributed by atoms with Gasteiger partial charge in [-0.1, -0.05) is 12.1 Å².